The van der Waals surface area contributed by atoms with Crippen LogP contribution in [-0.2, 0) is 0 Å². The van der Waals surface area contributed by atoms with Crippen molar-refractivity contribution in [1.82, 2.24) is 25.0 Å². The summed E-state index contributed by atoms with van der Waals surface area (Å²) in [5.41, 5.74) is 5.05. The van der Waals surface area contributed by atoms with Crippen molar-refractivity contribution in [2.24, 2.45) is 4.99 Å². The summed E-state index contributed by atoms with van der Waals surface area (Å²) in [6.07, 6.45) is 11.1. The Morgan fingerprint density at radius 1 is 1.03 bits per heavy atom. The van der Waals surface area contributed by atoms with Crippen LogP contribution in [0.3, 0.4) is 0 Å². The first-order valence-corrected chi connectivity index (χ1v) is 13.2. The van der Waals surface area contributed by atoms with Gasteiger partial charge < -0.3 is 15.1 Å². The van der Waals surface area contributed by atoms with Crippen LogP contribution in [0.1, 0.15) is 65.6 Å². The molecule has 2 fully saturated rings. The second-order valence-corrected chi connectivity index (χ2v) is 9.83. The minimum absolute atomic E-state index is 0.0724. The van der Waals surface area contributed by atoms with Crippen LogP contribution in [-0.4, -0.2) is 69.7 Å². The molecule has 2 amide bonds. The molecule has 0 atom stereocenters. The Balaban J connectivity index is 1.33. The Hall–Kier alpha value is -4.27. The third-order valence-corrected chi connectivity index (χ3v) is 7.18. The van der Waals surface area contributed by atoms with Crippen LogP contribution < -0.4 is 5.32 Å². The number of piperidine rings is 1. The Kier molecular flexibility index (Phi) is 7.62. The molecule has 0 spiro atoms. The van der Waals surface area contributed by atoms with Crippen LogP contribution in [0.2, 0.25) is 0 Å². The number of aromatic nitrogens is 3. The highest BCUT2D eigenvalue weighted by Gasteiger charge is 2.21. The molecule has 2 aliphatic heterocycles. The van der Waals surface area contributed by atoms with Crippen LogP contribution in [0.5, 0.6) is 0 Å². The first-order chi connectivity index (χ1) is 18.5. The van der Waals surface area contributed by atoms with Crippen LogP contribution in [0.4, 0.5) is 5.69 Å². The molecule has 5 rings (SSSR count). The molecule has 0 bridgehead atoms. The normalized spacial score (nSPS) is 16.7. The quantitative estimate of drug-likeness (QED) is 0.347. The molecule has 2 aromatic heterocycles. The highest BCUT2D eigenvalue weighted by molar-refractivity contribution is 6.11. The average molecular weight is 512 g/mol. The lowest BCUT2D eigenvalue weighted by Gasteiger charge is -2.29. The van der Waals surface area contributed by atoms with Gasteiger partial charge in [0.05, 0.1) is 23.1 Å². The van der Waals surface area contributed by atoms with Gasteiger partial charge in [0.1, 0.15) is 5.69 Å². The lowest BCUT2D eigenvalue weighted by molar-refractivity contribution is 0.0787. The number of hydrogen-bond acceptors (Lipinski definition) is 6. The summed E-state index contributed by atoms with van der Waals surface area (Å²) >= 11 is 0. The second kappa shape index (κ2) is 11.4. The number of hydrogen-bond donors (Lipinski definition) is 2. The van der Waals surface area contributed by atoms with Gasteiger partial charge in [0.15, 0.2) is 5.69 Å². The van der Waals surface area contributed by atoms with Crippen LogP contribution in [0.25, 0.3) is 16.5 Å². The summed E-state index contributed by atoms with van der Waals surface area (Å²) < 4.78 is 0. The minimum Gasteiger partial charge on any atom is -0.370 e. The number of amides is 2. The number of aromatic amines is 1. The van der Waals surface area contributed by atoms with Gasteiger partial charge in [0, 0.05) is 37.8 Å². The third kappa shape index (κ3) is 5.51. The van der Waals surface area contributed by atoms with E-state index in [1.54, 1.807) is 12.1 Å². The van der Waals surface area contributed by atoms with E-state index in [0.717, 1.165) is 66.8 Å². The Labute approximate surface area is 222 Å². The minimum atomic E-state index is -0.347. The smallest absolute Gasteiger partial charge is 0.276 e. The standard InChI is InChI=1S/C29H33N7O2/c1-20(16-23(19-30-2)35-12-4-3-5-13-35)21-8-10-25-24(17-21)27(34-33-25)28(37)32-22-9-11-26(31-18-22)29(38)36-14-6-7-15-36/h8-11,16-19H,2-7,12-15H2,1H3,(H,32,37)(H,33,34)/b20-16+,23-19+. The molecule has 9 heteroatoms. The van der Waals surface area contributed by atoms with Crippen molar-refractivity contribution in [3.8, 4) is 0 Å². The summed E-state index contributed by atoms with van der Waals surface area (Å²) in [5.74, 6) is -0.419. The molecule has 3 aromatic rings. The van der Waals surface area contributed by atoms with Crippen LogP contribution >= 0.6 is 0 Å². The molecule has 2 saturated heterocycles. The average Bonchev–Trinajstić information content (AvgIpc) is 3.63. The van der Waals surface area contributed by atoms with E-state index in [9.17, 15) is 9.59 Å². The number of anilines is 1. The van der Waals surface area contributed by atoms with Crippen molar-refractivity contribution in [2.45, 2.75) is 39.0 Å². The lowest BCUT2D eigenvalue weighted by atomic mass is 10.0. The number of carbonyl (C=O) groups is 2. The van der Waals surface area contributed by atoms with E-state index in [1.165, 1.54) is 25.5 Å². The maximum Gasteiger partial charge on any atom is 0.276 e. The third-order valence-electron chi connectivity index (χ3n) is 7.18. The summed E-state index contributed by atoms with van der Waals surface area (Å²) in [6.45, 7) is 9.26. The highest BCUT2D eigenvalue weighted by Crippen LogP contribution is 2.26. The van der Waals surface area contributed by atoms with Gasteiger partial charge in [-0.15, -0.1) is 0 Å². The number of nitrogens with zero attached hydrogens (tertiary/aromatic N) is 5. The number of likely N-dealkylation sites (tertiary alicyclic amines) is 2. The van der Waals surface area contributed by atoms with Gasteiger partial charge in [-0.1, -0.05) is 6.07 Å². The van der Waals surface area contributed by atoms with Crippen molar-refractivity contribution < 1.29 is 9.59 Å². The SMILES string of the molecule is C=N/C=C(\C=C(/C)c1ccc2[nH]nc(C(=O)Nc3ccc(C(=O)N4CCCC4)nc3)c2c1)N1CCCCC1. The van der Waals surface area contributed by atoms with Gasteiger partial charge in [-0.3, -0.25) is 19.7 Å². The fourth-order valence-electron chi connectivity index (χ4n) is 5.06. The van der Waals surface area contributed by atoms with Gasteiger partial charge >= 0.3 is 0 Å². The zero-order valence-electron chi connectivity index (χ0n) is 21.7. The van der Waals surface area contributed by atoms with E-state index < -0.39 is 0 Å². The first-order valence-electron chi connectivity index (χ1n) is 13.2. The molecule has 1 aromatic carbocycles. The van der Waals surface area contributed by atoms with Crippen molar-refractivity contribution in [1.29, 1.82) is 0 Å². The summed E-state index contributed by atoms with van der Waals surface area (Å²) in [5, 5.41) is 10.8. The second-order valence-electron chi connectivity index (χ2n) is 9.83. The summed E-state index contributed by atoms with van der Waals surface area (Å²) in [7, 11) is 0. The van der Waals surface area contributed by atoms with Crippen LogP contribution in [0.15, 0.2) is 59.5 Å². The molecule has 9 nitrogen and oxygen atoms in total. The molecule has 2 N–H and O–H groups in total. The topological polar surface area (TPSA) is 107 Å². The molecule has 4 heterocycles. The van der Waals surface area contributed by atoms with E-state index in [0.29, 0.717) is 17.1 Å². The zero-order valence-corrected chi connectivity index (χ0v) is 21.7. The van der Waals surface area contributed by atoms with Gasteiger partial charge in [0.25, 0.3) is 11.8 Å². The number of benzene rings is 1. The number of aliphatic imine (C=N–C) groups is 1. The predicted octanol–water partition coefficient (Wildman–Crippen LogP) is 4.88. The molecule has 196 valence electrons. The molecule has 38 heavy (non-hydrogen) atoms. The molecule has 0 unspecified atom stereocenters. The Morgan fingerprint density at radius 3 is 2.47 bits per heavy atom. The molecule has 0 aliphatic carbocycles. The number of fused-ring (bicyclic) bond motifs is 1. The van der Waals surface area contributed by atoms with Gasteiger partial charge in [-0.2, -0.15) is 5.10 Å². The van der Waals surface area contributed by atoms with Gasteiger partial charge in [-0.05, 0) is 87.2 Å². The molecule has 0 saturated carbocycles. The number of nitrogens with one attached hydrogen (secondary N) is 2. The lowest BCUT2D eigenvalue weighted by Crippen LogP contribution is -2.28. The summed E-state index contributed by atoms with van der Waals surface area (Å²) in [4.78, 5) is 38.1. The monoisotopic (exact) mass is 511 g/mol. The number of allylic oxidation sites excluding steroid dienone is 2. The van der Waals surface area contributed by atoms with Crippen molar-refractivity contribution in [3.63, 3.8) is 0 Å². The van der Waals surface area contributed by atoms with Crippen molar-refractivity contribution in [2.75, 3.05) is 31.5 Å². The molecular weight excluding hydrogens is 478 g/mol. The molecule has 0 radical (unpaired) electrons. The Bertz CT molecular complexity index is 1390. The molecule has 2 aliphatic rings. The van der Waals surface area contributed by atoms with E-state index >= 15 is 0 Å². The maximum absolute atomic E-state index is 13.1. The Morgan fingerprint density at radius 2 is 1.76 bits per heavy atom. The van der Waals surface area contributed by atoms with Gasteiger partial charge in [-0.25, -0.2) is 4.98 Å². The number of carbonyl (C=O) groups excluding carboxylic acids is 2. The zero-order chi connectivity index (χ0) is 26.5. The first kappa shape index (κ1) is 25.4. The van der Waals surface area contributed by atoms with E-state index in [2.05, 4.69) is 50.1 Å². The van der Waals surface area contributed by atoms with Crippen LogP contribution in [0, 0.1) is 0 Å². The van der Waals surface area contributed by atoms with E-state index in [4.69, 9.17) is 0 Å². The van der Waals surface area contributed by atoms with E-state index in [1.807, 2.05) is 29.3 Å². The van der Waals surface area contributed by atoms with Crippen molar-refractivity contribution >= 4 is 40.7 Å². The highest BCUT2D eigenvalue weighted by atomic mass is 16.2. The largest absolute Gasteiger partial charge is 0.370 e. The van der Waals surface area contributed by atoms with Gasteiger partial charge in [0.2, 0.25) is 0 Å². The number of H-pyrrole nitrogens is 1. The fraction of sp³-hybridized carbons (Fsp3) is 0.345. The number of pyridine rings is 1. The summed E-state index contributed by atoms with van der Waals surface area (Å²) in [6, 6.07) is 9.27. The fourth-order valence-corrected chi connectivity index (χ4v) is 5.06. The predicted molar refractivity (Wildman–Crippen MR) is 150 cm³/mol. The molecular formula is C29H33N7O2. The number of rotatable bonds is 7. The van der Waals surface area contributed by atoms with Crippen molar-refractivity contribution in [3.05, 3.63) is 71.5 Å². The maximum atomic E-state index is 13.1. The van der Waals surface area contributed by atoms with E-state index in [-0.39, 0.29) is 11.8 Å².